The van der Waals surface area contributed by atoms with E-state index in [2.05, 4.69) is 36.1 Å². The molecule has 0 amide bonds. The number of hydrogen-bond donors (Lipinski definition) is 0. The zero-order valence-corrected chi connectivity index (χ0v) is 14.7. The Labute approximate surface area is 138 Å². The molecule has 0 aliphatic heterocycles. The van der Waals surface area contributed by atoms with E-state index in [1.54, 1.807) is 37.3 Å². The molecule has 22 heavy (non-hydrogen) atoms. The zero-order chi connectivity index (χ0) is 15.7. The summed E-state index contributed by atoms with van der Waals surface area (Å²) in [6, 6.07) is 12.4. The van der Waals surface area contributed by atoms with Gasteiger partial charge in [0.1, 0.15) is 23.2 Å². The summed E-state index contributed by atoms with van der Waals surface area (Å²) in [6.07, 6.45) is 2.11. The SMILES string of the molecule is COc1cccc(OC)c1-c1ccc2c(c1)sc(SC)[n+]2C. The first-order chi connectivity index (χ1) is 10.7. The Morgan fingerprint density at radius 3 is 2.32 bits per heavy atom. The van der Waals surface area contributed by atoms with Crippen LogP contribution in [-0.4, -0.2) is 20.5 Å². The van der Waals surface area contributed by atoms with E-state index in [1.807, 2.05) is 18.2 Å². The summed E-state index contributed by atoms with van der Waals surface area (Å²) in [7, 11) is 5.48. The topological polar surface area (TPSA) is 22.3 Å². The van der Waals surface area contributed by atoms with Crippen molar-refractivity contribution in [3.8, 4) is 22.6 Å². The van der Waals surface area contributed by atoms with E-state index < -0.39 is 0 Å². The van der Waals surface area contributed by atoms with Gasteiger partial charge in [0.15, 0.2) is 0 Å². The van der Waals surface area contributed by atoms with Crippen LogP contribution in [0.2, 0.25) is 0 Å². The molecular weight excluding hydrogens is 314 g/mol. The number of thiazole rings is 1. The highest BCUT2D eigenvalue weighted by molar-refractivity contribution is 8.00. The largest absolute Gasteiger partial charge is 0.496 e. The lowest BCUT2D eigenvalue weighted by Gasteiger charge is -2.12. The maximum Gasteiger partial charge on any atom is 0.297 e. The molecule has 0 bridgehead atoms. The summed E-state index contributed by atoms with van der Waals surface area (Å²) in [5.74, 6) is 1.65. The molecule has 0 radical (unpaired) electrons. The predicted molar refractivity (Wildman–Crippen MR) is 93.3 cm³/mol. The molecule has 114 valence electrons. The number of methoxy groups -OCH3 is 2. The van der Waals surface area contributed by atoms with Crippen LogP contribution in [-0.2, 0) is 7.05 Å². The van der Waals surface area contributed by atoms with E-state index in [4.69, 9.17) is 9.47 Å². The molecule has 0 spiro atoms. The van der Waals surface area contributed by atoms with E-state index in [9.17, 15) is 0 Å². The van der Waals surface area contributed by atoms with E-state index >= 15 is 0 Å². The van der Waals surface area contributed by atoms with Gasteiger partial charge in [-0.05, 0) is 47.8 Å². The van der Waals surface area contributed by atoms with Gasteiger partial charge in [0, 0.05) is 6.07 Å². The van der Waals surface area contributed by atoms with Gasteiger partial charge in [0.05, 0.1) is 19.8 Å². The quantitative estimate of drug-likeness (QED) is 0.530. The molecule has 2 aromatic carbocycles. The lowest BCUT2D eigenvalue weighted by molar-refractivity contribution is -0.676. The van der Waals surface area contributed by atoms with Crippen LogP contribution in [0, 0.1) is 0 Å². The van der Waals surface area contributed by atoms with Crippen LogP contribution < -0.4 is 14.0 Å². The van der Waals surface area contributed by atoms with Gasteiger partial charge in [-0.1, -0.05) is 17.4 Å². The van der Waals surface area contributed by atoms with E-state index in [0.29, 0.717) is 0 Å². The van der Waals surface area contributed by atoms with Crippen molar-refractivity contribution in [1.29, 1.82) is 0 Å². The Hall–Kier alpha value is -1.72. The zero-order valence-electron chi connectivity index (χ0n) is 13.0. The molecule has 0 saturated carbocycles. The summed E-state index contributed by atoms with van der Waals surface area (Å²) in [5.41, 5.74) is 3.35. The Balaban J connectivity index is 2.23. The van der Waals surface area contributed by atoms with Gasteiger partial charge in [-0.3, -0.25) is 0 Å². The fourth-order valence-corrected chi connectivity index (χ4v) is 4.50. The smallest absolute Gasteiger partial charge is 0.297 e. The van der Waals surface area contributed by atoms with Gasteiger partial charge in [0.2, 0.25) is 5.52 Å². The van der Waals surface area contributed by atoms with Crippen LogP contribution in [0.25, 0.3) is 21.3 Å². The third kappa shape index (κ3) is 2.44. The molecule has 1 heterocycles. The van der Waals surface area contributed by atoms with Crippen LogP contribution in [0.15, 0.2) is 40.7 Å². The predicted octanol–water partition coefficient (Wildman–Crippen LogP) is 4.13. The summed E-state index contributed by atoms with van der Waals surface area (Å²) in [5, 5.41) is 0. The second kappa shape index (κ2) is 6.18. The van der Waals surface area contributed by atoms with E-state index in [-0.39, 0.29) is 0 Å². The van der Waals surface area contributed by atoms with Gasteiger partial charge in [-0.25, -0.2) is 0 Å². The number of hydrogen-bond acceptors (Lipinski definition) is 4. The number of aryl methyl sites for hydroxylation is 1. The first-order valence-corrected chi connectivity index (χ1v) is 8.91. The summed E-state index contributed by atoms with van der Waals surface area (Å²) >= 11 is 3.57. The van der Waals surface area contributed by atoms with Crippen LogP contribution in [0.3, 0.4) is 0 Å². The molecule has 5 heteroatoms. The molecule has 0 atom stereocenters. The maximum absolute atomic E-state index is 5.52. The Kier molecular flexibility index (Phi) is 4.27. The second-order valence-electron chi connectivity index (χ2n) is 4.85. The third-order valence-corrected chi connectivity index (χ3v) is 6.05. The minimum absolute atomic E-state index is 0.824. The number of nitrogens with zero attached hydrogens (tertiary/aromatic N) is 1. The Morgan fingerprint density at radius 2 is 1.73 bits per heavy atom. The van der Waals surface area contributed by atoms with Gasteiger partial charge in [-0.2, -0.15) is 4.57 Å². The molecule has 0 N–H and O–H groups in total. The van der Waals surface area contributed by atoms with Crippen molar-refractivity contribution in [3.05, 3.63) is 36.4 Å². The average Bonchev–Trinajstić information content (AvgIpc) is 2.89. The molecule has 1 aromatic heterocycles. The molecule has 3 rings (SSSR count). The van der Waals surface area contributed by atoms with E-state index in [0.717, 1.165) is 22.6 Å². The lowest BCUT2D eigenvalue weighted by Crippen LogP contribution is -2.27. The van der Waals surface area contributed by atoms with Crippen LogP contribution in [0.4, 0.5) is 0 Å². The summed E-state index contributed by atoms with van der Waals surface area (Å²) < 4.78 is 15.8. The third-order valence-electron chi connectivity index (χ3n) is 3.68. The van der Waals surface area contributed by atoms with Crippen LogP contribution in [0.5, 0.6) is 11.5 Å². The van der Waals surface area contributed by atoms with Crippen LogP contribution >= 0.6 is 23.1 Å². The van der Waals surface area contributed by atoms with E-state index in [1.165, 1.54) is 14.6 Å². The molecule has 0 saturated heterocycles. The van der Waals surface area contributed by atoms with Crippen molar-refractivity contribution < 1.29 is 14.0 Å². The van der Waals surface area contributed by atoms with Crippen molar-refractivity contribution in [2.75, 3.05) is 20.5 Å². The fourth-order valence-electron chi connectivity index (χ4n) is 2.60. The fraction of sp³-hybridized carbons (Fsp3) is 0.235. The van der Waals surface area contributed by atoms with Crippen molar-refractivity contribution >= 4 is 33.3 Å². The highest BCUT2D eigenvalue weighted by atomic mass is 32.2. The van der Waals surface area contributed by atoms with Crippen molar-refractivity contribution in [3.63, 3.8) is 0 Å². The number of thioether (sulfide) groups is 1. The molecule has 0 aliphatic carbocycles. The first-order valence-electron chi connectivity index (χ1n) is 6.87. The molecule has 0 aliphatic rings. The number of ether oxygens (including phenoxy) is 2. The van der Waals surface area contributed by atoms with Crippen molar-refractivity contribution in [2.45, 2.75) is 4.34 Å². The molecular formula is C17H18NO2S2+. The minimum atomic E-state index is 0.824. The highest BCUT2D eigenvalue weighted by Gasteiger charge is 2.19. The number of benzene rings is 2. The van der Waals surface area contributed by atoms with Gasteiger partial charge >= 0.3 is 0 Å². The highest BCUT2D eigenvalue weighted by Crippen LogP contribution is 2.40. The normalized spacial score (nSPS) is 10.9. The molecule has 0 unspecified atom stereocenters. The summed E-state index contributed by atoms with van der Waals surface area (Å²) in [4.78, 5) is 0. The number of aromatic nitrogens is 1. The average molecular weight is 332 g/mol. The lowest BCUT2D eigenvalue weighted by atomic mass is 10.0. The summed E-state index contributed by atoms with van der Waals surface area (Å²) in [6.45, 7) is 0. The Morgan fingerprint density at radius 1 is 1.05 bits per heavy atom. The minimum Gasteiger partial charge on any atom is -0.496 e. The molecule has 0 fully saturated rings. The van der Waals surface area contributed by atoms with Gasteiger partial charge in [0.25, 0.3) is 4.34 Å². The Bertz CT molecular complexity index is 805. The van der Waals surface area contributed by atoms with Gasteiger partial charge < -0.3 is 9.47 Å². The monoisotopic (exact) mass is 332 g/mol. The van der Waals surface area contributed by atoms with Crippen molar-refractivity contribution in [2.24, 2.45) is 7.05 Å². The molecule has 3 aromatic rings. The van der Waals surface area contributed by atoms with Gasteiger partial charge in [-0.15, -0.1) is 0 Å². The number of rotatable bonds is 4. The van der Waals surface area contributed by atoms with Crippen molar-refractivity contribution in [1.82, 2.24) is 0 Å². The first kappa shape index (κ1) is 15.2. The second-order valence-corrected chi connectivity index (χ2v) is 6.94. The molecule has 3 nitrogen and oxygen atoms in total. The van der Waals surface area contributed by atoms with Crippen LogP contribution in [0.1, 0.15) is 0 Å². The number of fused-ring (bicyclic) bond motifs is 1. The standard InChI is InChI=1S/C17H18NO2S2/c1-18-12-9-8-11(10-15(12)22-17(18)21-4)16-13(19-2)6-5-7-14(16)20-3/h5-10H,1-4H3/q+1. The maximum atomic E-state index is 5.52.